The lowest BCUT2D eigenvalue weighted by atomic mass is 10.2. The Kier molecular flexibility index (Phi) is 2.85. The Balaban J connectivity index is 1.59. The van der Waals surface area contributed by atoms with Gasteiger partial charge in [0.2, 0.25) is 12.7 Å². The van der Waals surface area contributed by atoms with Crippen molar-refractivity contribution in [3.05, 3.63) is 35.5 Å². The van der Waals surface area contributed by atoms with Crippen molar-refractivity contribution in [3.63, 3.8) is 0 Å². The number of rotatable bonds is 4. The molecule has 0 saturated heterocycles. The van der Waals surface area contributed by atoms with E-state index in [2.05, 4.69) is 10.3 Å². The zero-order valence-corrected chi connectivity index (χ0v) is 12.1. The van der Waals surface area contributed by atoms with Crippen LogP contribution < -0.4 is 19.5 Å². The maximum atomic E-state index is 5.38. The molecule has 1 aliphatic heterocycles. The number of benzene rings is 1. The quantitative estimate of drug-likeness (QED) is 0.803. The molecule has 4 rings (SSSR count). The number of methoxy groups -OCH3 is 1. The fraction of sp³-hybridized carbons (Fsp3) is 0.214. The number of hydrogen-bond donors (Lipinski definition) is 1. The first-order chi connectivity index (χ1) is 10.3. The van der Waals surface area contributed by atoms with Gasteiger partial charge in [0.15, 0.2) is 16.5 Å². The highest BCUT2D eigenvalue weighted by Gasteiger charge is 2.15. The lowest BCUT2D eigenvalue weighted by Crippen LogP contribution is -2.03. The molecule has 3 aromatic rings. The zero-order valence-electron chi connectivity index (χ0n) is 11.3. The molecule has 6 nitrogen and oxygen atoms in total. The summed E-state index contributed by atoms with van der Waals surface area (Å²) in [6.45, 7) is 0.894. The van der Waals surface area contributed by atoms with Gasteiger partial charge in [0.1, 0.15) is 5.69 Å². The third-order valence-electron chi connectivity index (χ3n) is 3.35. The van der Waals surface area contributed by atoms with Gasteiger partial charge in [-0.1, -0.05) is 0 Å². The van der Waals surface area contributed by atoms with E-state index in [1.54, 1.807) is 18.4 Å². The molecule has 0 amide bonds. The topological polar surface area (TPSA) is 57.0 Å². The third kappa shape index (κ3) is 2.06. The average molecular weight is 303 g/mol. The molecule has 21 heavy (non-hydrogen) atoms. The molecule has 108 valence electrons. The molecule has 0 atom stereocenters. The predicted octanol–water partition coefficient (Wildman–Crippen LogP) is 2.75. The molecular formula is C14H13N3O3S. The van der Waals surface area contributed by atoms with E-state index < -0.39 is 0 Å². The molecule has 0 fully saturated rings. The Morgan fingerprint density at radius 3 is 3.19 bits per heavy atom. The van der Waals surface area contributed by atoms with E-state index >= 15 is 0 Å². The van der Waals surface area contributed by atoms with E-state index in [0.717, 1.165) is 27.8 Å². The van der Waals surface area contributed by atoms with Crippen molar-refractivity contribution >= 4 is 22.0 Å². The monoisotopic (exact) mass is 303 g/mol. The molecule has 1 aromatic carbocycles. The number of ether oxygens (including phenoxy) is 3. The van der Waals surface area contributed by atoms with Crippen molar-refractivity contribution < 1.29 is 14.2 Å². The minimum Gasteiger partial charge on any atom is -0.480 e. The molecule has 0 aliphatic carbocycles. The molecule has 1 aliphatic rings. The average Bonchev–Trinajstić information content (AvgIpc) is 3.19. The minimum atomic E-state index is 0.282. The number of aromatic nitrogens is 2. The van der Waals surface area contributed by atoms with Crippen LogP contribution in [0.15, 0.2) is 29.8 Å². The lowest BCUT2D eigenvalue weighted by Gasteiger charge is -2.08. The Morgan fingerprint density at radius 1 is 1.38 bits per heavy atom. The zero-order chi connectivity index (χ0) is 14.2. The van der Waals surface area contributed by atoms with E-state index in [-0.39, 0.29) is 6.79 Å². The number of fused-ring (bicyclic) bond motifs is 2. The maximum Gasteiger partial charge on any atom is 0.238 e. The van der Waals surface area contributed by atoms with Gasteiger partial charge >= 0.3 is 0 Å². The van der Waals surface area contributed by atoms with Crippen molar-refractivity contribution in [1.29, 1.82) is 0 Å². The fourth-order valence-electron chi connectivity index (χ4n) is 2.33. The molecule has 0 radical (unpaired) electrons. The Hall–Kier alpha value is -2.41. The highest BCUT2D eigenvalue weighted by Crippen LogP contribution is 2.34. The van der Waals surface area contributed by atoms with Gasteiger partial charge in [0.25, 0.3) is 0 Å². The van der Waals surface area contributed by atoms with Gasteiger partial charge in [-0.3, -0.25) is 4.40 Å². The largest absolute Gasteiger partial charge is 0.480 e. The van der Waals surface area contributed by atoms with E-state index in [4.69, 9.17) is 14.2 Å². The van der Waals surface area contributed by atoms with E-state index in [0.29, 0.717) is 12.4 Å². The number of anilines is 1. The molecule has 0 bridgehead atoms. The number of imidazole rings is 1. The summed E-state index contributed by atoms with van der Waals surface area (Å²) in [6.07, 6.45) is 1.99. The second-order valence-electron chi connectivity index (χ2n) is 4.54. The SMILES string of the molecule is COc1nc2sccn2c1CNc1ccc2c(c1)OCO2. The predicted molar refractivity (Wildman–Crippen MR) is 79.5 cm³/mol. The summed E-state index contributed by atoms with van der Waals surface area (Å²) in [7, 11) is 1.64. The van der Waals surface area contributed by atoms with Crippen LogP contribution >= 0.6 is 11.3 Å². The molecule has 1 N–H and O–H groups in total. The summed E-state index contributed by atoms with van der Waals surface area (Å²) in [4.78, 5) is 5.36. The molecule has 3 heterocycles. The molecule has 7 heteroatoms. The van der Waals surface area contributed by atoms with Gasteiger partial charge in [0, 0.05) is 23.3 Å². The van der Waals surface area contributed by atoms with Crippen molar-refractivity contribution in [2.75, 3.05) is 19.2 Å². The molecule has 0 spiro atoms. The Labute approximate surface area is 124 Å². The van der Waals surface area contributed by atoms with Gasteiger partial charge in [-0.05, 0) is 12.1 Å². The van der Waals surface area contributed by atoms with Crippen molar-refractivity contribution in [3.8, 4) is 17.4 Å². The van der Waals surface area contributed by atoms with Crippen LogP contribution in [0.1, 0.15) is 5.69 Å². The van der Waals surface area contributed by atoms with Gasteiger partial charge in [-0.2, -0.15) is 4.98 Å². The van der Waals surface area contributed by atoms with Gasteiger partial charge in [-0.25, -0.2) is 0 Å². The number of nitrogens with one attached hydrogen (secondary N) is 1. The summed E-state index contributed by atoms with van der Waals surface area (Å²) >= 11 is 1.58. The normalized spacial score (nSPS) is 12.8. The summed E-state index contributed by atoms with van der Waals surface area (Å²) in [5.74, 6) is 2.19. The highest BCUT2D eigenvalue weighted by molar-refractivity contribution is 7.15. The van der Waals surface area contributed by atoms with Crippen LogP contribution in [-0.4, -0.2) is 23.3 Å². The lowest BCUT2D eigenvalue weighted by molar-refractivity contribution is 0.174. The summed E-state index contributed by atoms with van der Waals surface area (Å²) < 4.78 is 18.1. The summed E-state index contributed by atoms with van der Waals surface area (Å²) in [6, 6.07) is 5.80. The Bertz CT molecular complexity index is 796. The first-order valence-corrected chi connectivity index (χ1v) is 7.35. The second-order valence-corrected chi connectivity index (χ2v) is 5.42. The van der Waals surface area contributed by atoms with E-state index in [1.807, 2.05) is 34.2 Å². The van der Waals surface area contributed by atoms with Gasteiger partial charge < -0.3 is 19.5 Å². The molecule has 0 saturated carbocycles. The van der Waals surface area contributed by atoms with E-state index in [9.17, 15) is 0 Å². The highest BCUT2D eigenvalue weighted by atomic mass is 32.1. The summed E-state index contributed by atoms with van der Waals surface area (Å²) in [5.41, 5.74) is 1.96. The van der Waals surface area contributed by atoms with Gasteiger partial charge in [-0.15, -0.1) is 11.3 Å². The molecule has 2 aromatic heterocycles. The minimum absolute atomic E-state index is 0.282. The van der Waals surface area contributed by atoms with Crippen molar-refractivity contribution in [1.82, 2.24) is 9.38 Å². The van der Waals surface area contributed by atoms with Crippen molar-refractivity contribution in [2.45, 2.75) is 6.54 Å². The first-order valence-electron chi connectivity index (χ1n) is 6.47. The maximum absolute atomic E-state index is 5.38. The van der Waals surface area contributed by atoms with Crippen LogP contribution in [0.2, 0.25) is 0 Å². The Morgan fingerprint density at radius 2 is 2.29 bits per heavy atom. The standard InChI is InChI=1S/C14H13N3O3S/c1-18-13-10(17-4-5-21-14(17)16-13)7-15-9-2-3-11-12(6-9)20-8-19-11/h2-6,15H,7-8H2,1H3. The van der Waals surface area contributed by atoms with Crippen LogP contribution in [0.5, 0.6) is 17.4 Å². The molecule has 0 unspecified atom stereocenters. The third-order valence-corrected chi connectivity index (χ3v) is 4.11. The summed E-state index contributed by atoms with van der Waals surface area (Å²) in [5, 5.41) is 5.37. The van der Waals surface area contributed by atoms with Crippen LogP contribution in [0.25, 0.3) is 4.96 Å². The van der Waals surface area contributed by atoms with Gasteiger partial charge in [0.05, 0.1) is 13.7 Å². The number of nitrogens with zero attached hydrogens (tertiary/aromatic N) is 2. The molecular weight excluding hydrogens is 290 g/mol. The van der Waals surface area contributed by atoms with Crippen molar-refractivity contribution in [2.24, 2.45) is 0 Å². The fourth-order valence-corrected chi connectivity index (χ4v) is 3.05. The van der Waals surface area contributed by atoms with Crippen LogP contribution in [0, 0.1) is 0 Å². The van der Waals surface area contributed by atoms with E-state index in [1.165, 1.54) is 0 Å². The smallest absolute Gasteiger partial charge is 0.238 e. The first kappa shape index (κ1) is 12.3. The number of thiazole rings is 1. The van der Waals surface area contributed by atoms with Crippen LogP contribution in [0.4, 0.5) is 5.69 Å². The second kappa shape index (κ2) is 4.85. The number of hydrogen-bond acceptors (Lipinski definition) is 6. The van der Waals surface area contributed by atoms with Crippen LogP contribution in [-0.2, 0) is 6.54 Å². The van der Waals surface area contributed by atoms with Crippen LogP contribution in [0.3, 0.4) is 0 Å².